The fourth-order valence-corrected chi connectivity index (χ4v) is 3.06. The Morgan fingerprint density at radius 3 is 2.11 bits per heavy atom. The van der Waals surface area contributed by atoms with Gasteiger partial charge in [0.25, 0.3) is 0 Å². The van der Waals surface area contributed by atoms with Gasteiger partial charge in [0.2, 0.25) is 0 Å². The van der Waals surface area contributed by atoms with Crippen LogP contribution in [0.4, 0.5) is 13.2 Å². The zero-order valence-corrected chi connectivity index (χ0v) is 17.3. The van der Waals surface area contributed by atoms with Crippen LogP contribution in [0, 0.1) is 0 Å². The second kappa shape index (κ2) is 7.74. The van der Waals surface area contributed by atoms with Gasteiger partial charge in [-0.15, -0.1) is 0 Å². The molecule has 2 rings (SSSR count). The van der Waals surface area contributed by atoms with Gasteiger partial charge in [-0.05, 0) is 68.5 Å². The number of phenolic OH excluding ortho intramolecular Hbond substituents is 1. The van der Waals surface area contributed by atoms with Crippen molar-refractivity contribution < 1.29 is 18.3 Å². The molecule has 2 aromatic rings. The average Bonchev–Trinajstić information content (AvgIpc) is 2.52. The number of nitrogens with zero attached hydrogens (tertiary/aromatic N) is 1. The van der Waals surface area contributed by atoms with Gasteiger partial charge in [0, 0.05) is 22.9 Å². The van der Waals surface area contributed by atoms with Crippen molar-refractivity contribution in [2.75, 3.05) is 6.54 Å². The molecule has 1 heterocycles. The lowest BCUT2D eigenvalue weighted by Gasteiger charge is -2.26. The first kappa shape index (κ1) is 22.2. The predicted octanol–water partition coefficient (Wildman–Crippen LogP) is 5.70. The molecule has 0 radical (unpaired) electrons. The Bertz CT molecular complexity index is 814. The topological polar surface area (TPSA) is 45.1 Å². The molecule has 1 aromatic carbocycles. The van der Waals surface area contributed by atoms with E-state index in [-0.39, 0.29) is 16.7 Å². The van der Waals surface area contributed by atoms with Crippen molar-refractivity contribution in [3.63, 3.8) is 0 Å². The Labute approximate surface area is 165 Å². The molecule has 0 atom stereocenters. The largest absolute Gasteiger partial charge is 0.507 e. The fraction of sp³-hybridized carbons (Fsp3) is 0.500. The fourth-order valence-electron chi connectivity index (χ4n) is 3.06. The van der Waals surface area contributed by atoms with E-state index >= 15 is 0 Å². The number of nitrogens with one attached hydrogen (secondary N) is 1. The Morgan fingerprint density at radius 2 is 1.64 bits per heavy atom. The molecule has 0 aliphatic rings. The van der Waals surface area contributed by atoms with E-state index in [9.17, 15) is 18.3 Å². The first-order valence-corrected chi connectivity index (χ1v) is 9.33. The molecule has 0 bridgehead atoms. The molecule has 0 spiro atoms. The molecular formula is C22H29F3N2O. The molecule has 3 nitrogen and oxygen atoms in total. The van der Waals surface area contributed by atoms with Crippen molar-refractivity contribution in [3.05, 3.63) is 47.3 Å². The van der Waals surface area contributed by atoms with E-state index in [1.807, 2.05) is 6.07 Å². The van der Waals surface area contributed by atoms with Crippen molar-refractivity contribution >= 4 is 0 Å². The smallest absolute Gasteiger partial charge is 0.433 e. The number of benzene rings is 1. The van der Waals surface area contributed by atoms with Crippen molar-refractivity contribution in [1.82, 2.24) is 10.3 Å². The Kier molecular flexibility index (Phi) is 6.14. The van der Waals surface area contributed by atoms with Gasteiger partial charge >= 0.3 is 6.18 Å². The summed E-state index contributed by atoms with van der Waals surface area (Å²) in [5.74, 6) is 0.0420. The van der Waals surface area contributed by atoms with Crippen LogP contribution in [0.25, 0.3) is 11.1 Å². The van der Waals surface area contributed by atoms with Gasteiger partial charge < -0.3 is 10.4 Å². The number of aromatic nitrogens is 1. The highest BCUT2D eigenvalue weighted by molar-refractivity contribution is 5.71. The molecule has 0 unspecified atom stereocenters. The van der Waals surface area contributed by atoms with E-state index in [2.05, 4.69) is 51.8 Å². The molecule has 0 saturated heterocycles. The van der Waals surface area contributed by atoms with Crippen LogP contribution in [0.1, 0.15) is 58.4 Å². The van der Waals surface area contributed by atoms with Crippen LogP contribution in [-0.4, -0.2) is 22.2 Å². The van der Waals surface area contributed by atoms with E-state index in [1.165, 1.54) is 6.07 Å². The maximum Gasteiger partial charge on any atom is 0.433 e. The van der Waals surface area contributed by atoms with E-state index in [4.69, 9.17) is 0 Å². The number of aromatic hydroxyl groups is 1. The lowest BCUT2D eigenvalue weighted by atomic mass is 9.81. The van der Waals surface area contributed by atoms with Gasteiger partial charge in [0.05, 0.1) is 0 Å². The zero-order valence-electron chi connectivity index (χ0n) is 17.3. The summed E-state index contributed by atoms with van der Waals surface area (Å²) in [5, 5.41) is 14.0. The third-order valence-electron chi connectivity index (χ3n) is 4.44. The first-order chi connectivity index (χ1) is 12.7. The monoisotopic (exact) mass is 394 g/mol. The van der Waals surface area contributed by atoms with Crippen LogP contribution in [0.2, 0.25) is 0 Å². The minimum Gasteiger partial charge on any atom is -0.507 e. The summed E-state index contributed by atoms with van der Waals surface area (Å²) >= 11 is 0. The summed E-state index contributed by atoms with van der Waals surface area (Å²) in [7, 11) is 0. The van der Waals surface area contributed by atoms with Crippen LogP contribution >= 0.6 is 0 Å². The maximum absolute atomic E-state index is 12.8. The summed E-state index contributed by atoms with van der Waals surface area (Å²) in [4.78, 5) is 3.51. The van der Waals surface area contributed by atoms with Gasteiger partial charge in [0.15, 0.2) is 0 Å². The van der Waals surface area contributed by atoms with Crippen molar-refractivity contribution in [3.8, 4) is 16.9 Å². The van der Waals surface area contributed by atoms with E-state index in [0.717, 1.165) is 36.4 Å². The number of alkyl halides is 3. The summed E-state index contributed by atoms with van der Waals surface area (Å²) in [6.07, 6.45) is -2.59. The number of hydrogen-bond donors (Lipinski definition) is 2. The molecule has 28 heavy (non-hydrogen) atoms. The number of phenols is 1. The molecule has 2 N–H and O–H groups in total. The van der Waals surface area contributed by atoms with Crippen molar-refractivity contribution in [2.24, 2.45) is 0 Å². The first-order valence-electron chi connectivity index (χ1n) is 9.33. The summed E-state index contributed by atoms with van der Waals surface area (Å²) in [6.45, 7) is 13.3. The van der Waals surface area contributed by atoms with Crippen LogP contribution in [-0.2, 0) is 18.0 Å². The lowest BCUT2D eigenvalue weighted by Crippen LogP contribution is -2.37. The molecule has 6 heteroatoms. The van der Waals surface area contributed by atoms with Crippen LogP contribution < -0.4 is 5.32 Å². The molecular weight excluding hydrogens is 365 g/mol. The lowest BCUT2D eigenvalue weighted by molar-refractivity contribution is -0.141. The normalized spacial score (nSPS) is 13.0. The molecule has 0 saturated carbocycles. The van der Waals surface area contributed by atoms with Crippen molar-refractivity contribution in [1.29, 1.82) is 0 Å². The SMILES string of the molecule is CC(C)(C)NCCc1cc(O)c(-c2ccc(C(F)(F)F)nc2)cc1C(C)(C)C. The van der Waals surface area contributed by atoms with Crippen LogP contribution in [0.3, 0.4) is 0 Å². The van der Waals surface area contributed by atoms with Crippen molar-refractivity contribution in [2.45, 2.75) is 65.1 Å². The second-order valence-corrected chi connectivity index (χ2v) is 9.13. The summed E-state index contributed by atoms with van der Waals surface area (Å²) in [6, 6.07) is 5.87. The molecule has 0 aliphatic heterocycles. The standard InChI is InChI=1S/C22H29F3N2O/c1-20(2,3)17-12-16(15-7-8-19(26-13-15)22(23,24)25)18(28)11-14(17)9-10-27-21(4,5)6/h7-8,11-13,27-28H,9-10H2,1-6H3. The highest BCUT2D eigenvalue weighted by Crippen LogP contribution is 2.37. The average molecular weight is 394 g/mol. The number of pyridine rings is 1. The zero-order chi connectivity index (χ0) is 21.3. The highest BCUT2D eigenvalue weighted by atomic mass is 19.4. The maximum atomic E-state index is 12.8. The predicted molar refractivity (Wildman–Crippen MR) is 106 cm³/mol. The Balaban J connectivity index is 2.42. The Morgan fingerprint density at radius 1 is 1.00 bits per heavy atom. The van der Waals surface area contributed by atoms with Crippen LogP contribution in [0.15, 0.2) is 30.5 Å². The summed E-state index contributed by atoms with van der Waals surface area (Å²) in [5.41, 5.74) is 1.88. The third-order valence-corrected chi connectivity index (χ3v) is 4.44. The quantitative estimate of drug-likeness (QED) is 0.699. The molecule has 0 fully saturated rings. The minimum absolute atomic E-state index is 0.00419. The Hall–Kier alpha value is -2.08. The second-order valence-electron chi connectivity index (χ2n) is 9.13. The van der Waals surface area contributed by atoms with Gasteiger partial charge in [-0.2, -0.15) is 13.2 Å². The van der Waals surface area contributed by atoms with Gasteiger partial charge in [-0.3, -0.25) is 4.98 Å². The number of hydrogen-bond acceptors (Lipinski definition) is 3. The van der Waals surface area contributed by atoms with Gasteiger partial charge in [-0.25, -0.2) is 0 Å². The molecule has 1 aromatic heterocycles. The third kappa shape index (κ3) is 5.71. The van der Waals surface area contributed by atoms with E-state index in [0.29, 0.717) is 11.1 Å². The highest BCUT2D eigenvalue weighted by Gasteiger charge is 2.32. The molecule has 154 valence electrons. The molecule has 0 aliphatic carbocycles. The summed E-state index contributed by atoms with van der Waals surface area (Å²) < 4.78 is 38.3. The van der Waals surface area contributed by atoms with Crippen LogP contribution in [0.5, 0.6) is 5.75 Å². The van der Waals surface area contributed by atoms with E-state index < -0.39 is 11.9 Å². The minimum atomic E-state index is -4.49. The van der Waals surface area contributed by atoms with E-state index in [1.54, 1.807) is 6.07 Å². The van der Waals surface area contributed by atoms with Gasteiger partial charge in [-0.1, -0.05) is 26.8 Å². The molecule has 0 amide bonds. The van der Waals surface area contributed by atoms with Gasteiger partial charge in [0.1, 0.15) is 11.4 Å². The number of rotatable bonds is 4. The number of halogens is 3.